The van der Waals surface area contributed by atoms with Gasteiger partial charge >= 0.3 is 17.8 Å². The number of hydrogen-bond acceptors (Lipinski definition) is 6. The molecule has 0 saturated heterocycles. The van der Waals surface area contributed by atoms with Crippen LogP contribution in [0.25, 0.3) is 0 Å². The summed E-state index contributed by atoms with van der Waals surface area (Å²) < 4.78 is 10.3. The number of esters is 1. The van der Waals surface area contributed by atoms with Gasteiger partial charge in [-0.05, 0) is 43.3 Å². The summed E-state index contributed by atoms with van der Waals surface area (Å²) in [5.74, 6) is -2.46. The smallest absolute Gasteiger partial charge is 0.379 e. The standard InChI is InChI=1S/C21H15Cl2N3O5/c1-12(13-6-2-3-9-16(13)31-21(29)17-10-5-11-30-17)25-26-20(28)19(27)24-15-8-4-7-14(22)18(15)23/h2-11H,1H3,(H,24,27)(H,26,28). The zero-order valence-electron chi connectivity index (χ0n) is 16.0. The Morgan fingerprint density at radius 1 is 0.968 bits per heavy atom. The van der Waals surface area contributed by atoms with Gasteiger partial charge in [0.25, 0.3) is 0 Å². The molecule has 0 unspecified atom stereocenters. The summed E-state index contributed by atoms with van der Waals surface area (Å²) in [7, 11) is 0. The molecule has 0 spiro atoms. The average molecular weight is 460 g/mol. The molecule has 1 aromatic heterocycles. The Balaban J connectivity index is 1.69. The Labute approximate surface area is 186 Å². The fourth-order valence-electron chi connectivity index (χ4n) is 2.42. The van der Waals surface area contributed by atoms with E-state index in [0.29, 0.717) is 11.3 Å². The van der Waals surface area contributed by atoms with E-state index in [2.05, 4.69) is 15.8 Å². The highest BCUT2D eigenvalue weighted by atomic mass is 35.5. The molecule has 2 N–H and O–H groups in total. The third kappa shape index (κ3) is 5.50. The summed E-state index contributed by atoms with van der Waals surface area (Å²) in [6.45, 7) is 1.57. The van der Waals surface area contributed by atoms with Crippen molar-refractivity contribution in [2.24, 2.45) is 5.10 Å². The Morgan fingerprint density at radius 3 is 2.48 bits per heavy atom. The van der Waals surface area contributed by atoms with Gasteiger partial charge in [-0.25, -0.2) is 10.2 Å². The van der Waals surface area contributed by atoms with Crippen molar-refractivity contribution < 1.29 is 23.5 Å². The quantitative estimate of drug-likeness (QED) is 0.194. The summed E-state index contributed by atoms with van der Waals surface area (Å²) in [4.78, 5) is 36.3. The Kier molecular flexibility index (Phi) is 7.07. The van der Waals surface area contributed by atoms with E-state index in [1.807, 2.05) is 0 Å². The number of furan rings is 1. The number of amides is 2. The second-order valence-corrected chi connectivity index (χ2v) is 6.84. The molecule has 0 radical (unpaired) electrons. The van der Waals surface area contributed by atoms with Gasteiger partial charge in [-0.3, -0.25) is 9.59 Å². The average Bonchev–Trinajstić information content (AvgIpc) is 3.30. The predicted molar refractivity (Wildman–Crippen MR) is 116 cm³/mol. The maximum absolute atomic E-state index is 12.1. The summed E-state index contributed by atoms with van der Waals surface area (Å²) in [5, 5.41) is 6.60. The molecular weight excluding hydrogens is 445 g/mol. The lowest BCUT2D eigenvalue weighted by Crippen LogP contribution is -2.33. The molecular formula is C21H15Cl2N3O5. The summed E-state index contributed by atoms with van der Waals surface area (Å²) in [6, 6.07) is 14.2. The van der Waals surface area contributed by atoms with Crippen LogP contribution in [0.5, 0.6) is 5.75 Å². The number of halogens is 2. The van der Waals surface area contributed by atoms with Crippen molar-refractivity contribution in [3.8, 4) is 5.75 Å². The zero-order chi connectivity index (χ0) is 22.4. The monoisotopic (exact) mass is 459 g/mol. The number of hydrazone groups is 1. The van der Waals surface area contributed by atoms with Crippen molar-refractivity contribution in [1.29, 1.82) is 0 Å². The highest BCUT2D eigenvalue weighted by Gasteiger charge is 2.17. The van der Waals surface area contributed by atoms with Crippen LogP contribution in [0.15, 0.2) is 70.4 Å². The van der Waals surface area contributed by atoms with Gasteiger partial charge in [-0.1, -0.05) is 41.4 Å². The molecule has 3 aromatic rings. The fraction of sp³-hybridized carbons (Fsp3) is 0.0476. The maximum atomic E-state index is 12.1. The van der Waals surface area contributed by atoms with E-state index in [-0.39, 0.29) is 27.2 Å². The van der Waals surface area contributed by atoms with E-state index in [1.165, 1.54) is 18.4 Å². The highest BCUT2D eigenvalue weighted by molar-refractivity contribution is 6.45. The third-order valence-electron chi connectivity index (χ3n) is 3.93. The lowest BCUT2D eigenvalue weighted by molar-refractivity contribution is -0.136. The fourth-order valence-corrected chi connectivity index (χ4v) is 2.77. The molecule has 158 valence electrons. The minimum absolute atomic E-state index is 0.0362. The van der Waals surface area contributed by atoms with E-state index in [4.69, 9.17) is 32.4 Å². The van der Waals surface area contributed by atoms with Crippen molar-refractivity contribution in [3.63, 3.8) is 0 Å². The van der Waals surface area contributed by atoms with Crippen molar-refractivity contribution >= 4 is 52.4 Å². The van der Waals surface area contributed by atoms with Gasteiger partial charge in [0.1, 0.15) is 5.75 Å². The summed E-state index contributed by atoms with van der Waals surface area (Å²) in [5.41, 5.74) is 3.06. The third-order valence-corrected chi connectivity index (χ3v) is 4.75. The number of nitrogens with one attached hydrogen (secondary N) is 2. The van der Waals surface area contributed by atoms with E-state index in [9.17, 15) is 14.4 Å². The van der Waals surface area contributed by atoms with E-state index >= 15 is 0 Å². The zero-order valence-corrected chi connectivity index (χ0v) is 17.5. The van der Waals surface area contributed by atoms with Crippen LogP contribution in [0, 0.1) is 0 Å². The van der Waals surface area contributed by atoms with E-state index in [1.54, 1.807) is 49.4 Å². The van der Waals surface area contributed by atoms with Gasteiger partial charge in [0, 0.05) is 5.56 Å². The van der Waals surface area contributed by atoms with Crippen LogP contribution >= 0.6 is 23.2 Å². The minimum Gasteiger partial charge on any atom is -0.457 e. The molecule has 2 aromatic carbocycles. The number of hydrogen-bond donors (Lipinski definition) is 2. The van der Waals surface area contributed by atoms with Crippen LogP contribution < -0.4 is 15.5 Å². The number of ether oxygens (including phenoxy) is 1. The van der Waals surface area contributed by atoms with Crippen molar-refractivity contribution in [3.05, 3.63) is 82.2 Å². The number of anilines is 1. The first kappa shape index (κ1) is 22.1. The van der Waals surface area contributed by atoms with Crippen molar-refractivity contribution in [1.82, 2.24) is 5.43 Å². The Hall–Kier alpha value is -3.62. The van der Waals surface area contributed by atoms with Gasteiger partial charge in [0.15, 0.2) is 0 Å². The largest absolute Gasteiger partial charge is 0.457 e. The Bertz CT molecular complexity index is 1160. The minimum atomic E-state index is -1.03. The van der Waals surface area contributed by atoms with Crippen molar-refractivity contribution in [2.45, 2.75) is 6.92 Å². The van der Waals surface area contributed by atoms with Crippen LogP contribution in [0.4, 0.5) is 5.69 Å². The molecule has 31 heavy (non-hydrogen) atoms. The summed E-state index contributed by atoms with van der Waals surface area (Å²) in [6.07, 6.45) is 1.35. The summed E-state index contributed by atoms with van der Waals surface area (Å²) >= 11 is 11.9. The lowest BCUT2D eigenvalue weighted by atomic mass is 10.1. The first-order chi connectivity index (χ1) is 14.9. The van der Waals surface area contributed by atoms with Gasteiger partial charge < -0.3 is 14.5 Å². The first-order valence-electron chi connectivity index (χ1n) is 8.81. The molecule has 10 heteroatoms. The first-order valence-corrected chi connectivity index (χ1v) is 9.57. The van der Waals surface area contributed by atoms with Crippen molar-refractivity contribution in [2.75, 3.05) is 5.32 Å². The normalized spacial score (nSPS) is 11.0. The molecule has 1 heterocycles. The van der Waals surface area contributed by atoms with Crippen LogP contribution in [0.1, 0.15) is 23.0 Å². The van der Waals surface area contributed by atoms with E-state index in [0.717, 1.165) is 0 Å². The van der Waals surface area contributed by atoms with E-state index < -0.39 is 17.8 Å². The Morgan fingerprint density at radius 2 is 1.74 bits per heavy atom. The molecule has 2 amide bonds. The number of nitrogens with zero attached hydrogens (tertiary/aromatic N) is 1. The predicted octanol–water partition coefficient (Wildman–Crippen LogP) is 4.28. The number of benzene rings is 2. The molecule has 0 aliphatic heterocycles. The van der Waals surface area contributed by atoms with Gasteiger partial charge in [0.05, 0.1) is 27.7 Å². The molecule has 0 aliphatic carbocycles. The number of para-hydroxylation sites is 1. The topological polar surface area (TPSA) is 110 Å². The second-order valence-electron chi connectivity index (χ2n) is 6.06. The number of carbonyl (C=O) groups excluding carboxylic acids is 3. The molecule has 0 atom stereocenters. The second kappa shape index (κ2) is 9.92. The molecule has 3 rings (SSSR count). The maximum Gasteiger partial charge on any atom is 0.379 e. The number of carbonyl (C=O) groups is 3. The van der Waals surface area contributed by atoms with Gasteiger partial charge in [0.2, 0.25) is 5.76 Å². The molecule has 0 saturated carbocycles. The van der Waals surface area contributed by atoms with Crippen LogP contribution in [-0.2, 0) is 9.59 Å². The van der Waals surface area contributed by atoms with Crippen LogP contribution in [-0.4, -0.2) is 23.5 Å². The van der Waals surface area contributed by atoms with Crippen LogP contribution in [0.3, 0.4) is 0 Å². The van der Waals surface area contributed by atoms with Gasteiger partial charge in [-0.15, -0.1) is 0 Å². The SMILES string of the molecule is CC(=NNC(=O)C(=O)Nc1cccc(Cl)c1Cl)c1ccccc1OC(=O)c1ccco1. The molecule has 0 aliphatic rings. The molecule has 0 fully saturated rings. The number of rotatable bonds is 5. The van der Waals surface area contributed by atoms with Crippen LogP contribution in [0.2, 0.25) is 10.0 Å². The molecule has 0 bridgehead atoms. The lowest BCUT2D eigenvalue weighted by Gasteiger charge is -2.10. The van der Waals surface area contributed by atoms with Gasteiger partial charge in [-0.2, -0.15) is 5.10 Å². The highest BCUT2D eigenvalue weighted by Crippen LogP contribution is 2.29. The molecule has 8 nitrogen and oxygen atoms in total.